The van der Waals surface area contributed by atoms with Crippen LogP contribution in [0.4, 0.5) is 0 Å². The Kier molecular flexibility index (Phi) is 7.64. The number of alkyl halides is 1. The van der Waals surface area contributed by atoms with Gasteiger partial charge in [-0.3, -0.25) is 0 Å². The number of ether oxygens (including phenoxy) is 1. The third-order valence-electron chi connectivity index (χ3n) is 4.97. The van der Waals surface area contributed by atoms with Crippen LogP contribution in [0.15, 0.2) is 36.4 Å². The predicted molar refractivity (Wildman–Crippen MR) is 102 cm³/mol. The molecule has 1 fully saturated rings. The van der Waals surface area contributed by atoms with E-state index in [9.17, 15) is 5.11 Å². The van der Waals surface area contributed by atoms with Crippen LogP contribution in [0.5, 0.6) is 5.75 Å². The van der Waals surface area contributed by atoms with Crippen LogP contribution >= 0.6 is 11.6 Å². The lowest BCUT2D eigenvalue weighted by Gasteiger charge is -2.23. The van der Waals surface area contributed by atoms with E-state index in [0.717, 1.165) is 25.0 Å². The molecule has 0 aliphatic heterocycles. The topological polar surface area (TPSA) is 29.5 Å². The summed E-state index contributed by atoms with van der Waals surface area (Å²) in [5.41, 5.74) is 1.27. The minimum atomic E-state index is -0.370. The smallest absolute Gasteiger partial charge is 0.119 e. The summed E-state index contributed by atoms with van der Waals surface area (Å²) >= 11 is 6.48. The lowest BCUT2D eigenvalue weighted by Crippen LogP contribution is -2.27. The van der Waals surface area contributed by atoms with Crippen LogP contribution in [0.2, 0.25) is 0 Å². The van der Waals surface area contributed by atoms with Gasteiger partial charge in [-0.2, -0.15) is 0 Å². The number of allylic oxidation sites excluding steroid dienone is 2. The van der Waals surface area contributed by atoms with E-state index in [-0.39, 0.29) is 23.3 Å². The van der Waals surface area contributed by atoms with E-state index in [1.54, 1.807) is 0 Å². The summed E-state index contributed by atoms with van der Waals surface area (Å²) in [6.07, 6.45) is 7.91. The van der Waals surface area contributed by atoms with Crippen molar-refractivity contribution in [3.05, 3.63) is 42.0 Å². The highest BCUT2D eigenvalue weighted by Crippen LogP contribution is 2.39. The van der Waals surface area contributed by atoms with Gasteiger partial charge < -0.3 is 9.84 Å². The summed E-state index contributed by atoms with van der Waals surface area (Å²) < 4.78 is 6.01. The van der Waals surface area contributed by atoms with E-state index in [0.29, 0.717) is 18.9 Å². The highest BCUT2D eigenvalue weighted by Gasteiger charge is 2.41. The van der Waals surface area contributed by atoms with Crippen molar-refractivity contribution in [2.24, 2.45) is 11.8 Å². The zero-order valence-electron chi connectivity index (χ0n) is 15.1. The van der Waals surface area contributed by atoms with Crippen LogP contribution in [-0.4, -0.2) is 23.2 Å². The fraction of sp³-hybridized carbons (Fsp3) is 0.619. The lowest BCUT2D eigenvalue weighted by molar-refractivity contribution is 0.0807. The Morgan fingerprint density at radius 2 is 2.08 bits per heavy atom. The molecule has 1 N–H and O–H groups in total. The molecule has 4 atom stereocenters. The maximum atomic E-state index is 10.4. The largest absolute Gasteiger partial charge is 0.493 e. The van der Waals surface area contributed by atoms with Crippen molar-refractivity contribution in [1.82, 2.24) is 0 Å². The van der Waals surface area contributed by atoms with Crippen LogP contribution in [0.3, 0.4) is 0 Å². The number of hydrogen-bond donors (Lipinski definition) is 1. The first-order chi connectivity index (χ1) is 11.5. The van der Waals surface area contributed by atoms with Crippen molar-refractivity contribution in [2.75, 3.05) is 6.61 Å². The molecule has 1 saturated carbocycles. The number of hydrogen-bond acceptors (Lipinski definition) is 2. The summed E-state index contributed by atoms with van der Waals surface area (Å²) in [7, 11) is 0. The molecular formula is C21H31ClO2. The number of unbranched alkanes of at least 4 members (excludes halogenated alkanes) is 1. The van der Waals surface area contributed by atoms with Gasteiger partial charge in [-0.05, 0) is 48.8 Å². The van der Waals surface area contributed by atoms with E-state index >= 15 is 0 Å². The normalized spacial score (nSPS) is 27.2. The maximum Gasteiger partial charge on any atom is 0.119 e. The van der Waals surface area contributed by atoms with E-state index in [1.807, 2.05) is 12.1 Å². The number of halogens is 1. The first kappa shape index (κ1) is 19.3. The van der Waals surface area contributed by atoms with Crippen molar-refractivity contribution in [2.45, 2.75) is 63.9 Å². The molecule has 0 spiro atoms. The molecule has 0 radical (unpaired) electrons. The Labute approximate surface area is 151 Å². The monoisotopic (exact) mass is 350 g/mol. The Balaban J connectivity index is 1.96. The van der Waals surface area contributed by atoms with Gasteiger partial charge in [-0.1, -0.05) is 51.5 Å². The molecule has 2 nitrogen and oxygen atoms in total. The molecule has 0 heterocycles. The van der Waals surface area contributed by atoms with Crippen molar-refractivity contribution >= 4 is 11.6 Å². The number of benzene rings is 1. The zero-order chi connectivity index (χ0) is 17.5. The Bertz CT molecular complexity index is 526. The van der Waals surface area contributed by atoms with Gasteiger partial charge in [0.15, 0.2) is 0 Å². The van der Waals surface area contributed by atoms with Gasteiger partial charge in [-0.15, -0.1) is 11.6 Å². The molecule has 1 aliphatic carbocycles. The first-order valence-electron chi connectivity index (χ1n) is 9.22. The molecule has 24 heavy (non-hydrogen) atoms. The minimum Gasteiger partial charge on any atom is -0.493 e. The van der Waals surface area contributed by atoms with Gasteiger partial charge in [0, 0.05) is 11.3 Å². The average molecular weight is 351 g/mol. The number of rotatable bonds is 8. The predicted octanol–water partition coefficient (Wildman–Crippen LogP) is 5.54. The van der Waals surface area contributed by atoms with Gasteiger partial charge in [0.1, 0.15) is 5.75 Å². The second-order valence-corrected chi connectivity index (χ2v) is 7.74. The molecule has 0 unspecified atom stereocenters. The SMILES string of the molecule is CCC/C=C\C[C@@H]1[C@@H](COc2cccc(C(C)C)c2)[C@H](O)C[C@H]1Cl. The molecule has 0 saturated heterocycles. The van der Waals surface area contributed by atoms with E-state index < -0.39 is 0 Å². The van der Waals surface area contributed by atoms with Crippen molar-refractivity contribution in [3.63, 3.8) is 0 Å². The molecular weight excluding hydrogens is 320 g/mol. The molecule has 2 rings (SSSR count). The molecule has 134 valence electrons. The second kappa shape index (κ2) is 9.48. The summed E-state index contributed by atoms with van der Waals surface area (Å²) in [6.45, 7) is 7.06. The summed E-state index contributed by atoms with van der Waals surface area (Å²) in [5.74, 6) is 1.74. The minimum absolute atomic E-state index is 0.0295. The summed E-state index contributed by atoms with van der Waals surface area (Å²) in [6, 6.07) is 8.24. The lowest BCUT2D eigenvalue weighted by atomic mass is 9.92. The fourth-order valence-corrected chi connectivity index (χ4v) is 3.86. The number of aliphatic hydroxyl groups excluding tert-OH is 1. The maximum absolute atomic E-state index is 10.4. The third-order valence-corrected chi connectivity index (χ3v) is 5.47. The van der Waals surface area contributed by atoms with E-state index in [4.69, 9.17) is 16.3 Å². The molecule has 1 aliphatic rings. The number of aliphatic hydroxyl groups is 1. The summed E-state index contributed by atoms with van der Waals surface area (Å²) in [5, 5.41) is 10.4. The standard InChI is InChI=1S/C21H31ClO2/c1-4-5-6-7-11-18-19(21(23)13-20(18)22)14-24-17-10-8-9-16(12-17)15(2)3/h6-10,12,15,18-21,23H,4-5,11,13-14H2,1-3H3/b7-6-/t18-,19-,20-,21-/m1/s1. The average Bonchev–Trinajstić information content (AvgIpc) is 2.83. The van der Waals surface area contributed by atoms with Gasteiger partial charge in [0.2, 0.25) is 0 Å². The summed E-state index contributed by atoms with van der Waals surface area (Å²) in [4.78, 5) is 0. The van der Waals surface area contributed by atoms with E-state index in [1.165, 1.54) is 5.56 Å². The van der Waals surface area contributed by atoms with Crippen molar-refractivity contribution in [1.29, 1.82) is 0 Å². The second-order valence-electron chi connectivity index (χ2n) is 7.18. The van der Waals surface area contributed by atoms with Gasteiger partial charge in [-0.25, -0.2) is 0 Å². The van der Waals surface area contributed by atoms with Crippen LogP contribution in [0, 0.1) is 11.8 Å². The third kappa shape index (κ3) is 5.26. The molecule has 0 amide bonds. The van der Waals surface area contributed by atoms with Crippen LogP contribution in [0.25, 0.3) is 0 Å². The highest BCUT2D eigenvalue weighted by atomic mass is 35.5. The Hall–Kier alpha value is -0.990. The molecule has 1 aromatic rings. The first-order valence-corrected chi connectivity index (χ1v) is 9.66. The highest BCUT2D eigenvalue weighted by molar-refractivity contribution is 6.21. The zero-order valence-corrected chi connectivity index (χ0v) is 15.9. The Morgan fingerprint density at radius 3 is 2.79 bits per heavy atom. The van der Waals surface area contributed by atoms with Crippen LogP contribution in [-0.2, 0) is 0 Å². The van der Waals surface area contributed by atoms with Crippen molar-refractivity contribution < 1.29 is 9.84 Å². The molecule has 3 heteroatoms. The fourth-order valence-electron chi connectivity index (χ4n) is 3.38. The molecule has 0 bridgehead atoms. The van der Waals surface area contributed by atoms with Crippen LogP contribution in [0.1, 0.15) is 57.9 Å². The molecule has 1 aromatic carbocycles. The van der Waals surface area contributed by atoms with Gasteiger partial charge >= 0.3 is 0 Å². The molecule has 0 aromatic heterocycles. The quantitative estimate of drug-likeness (QED) is 0.492. The van der Waals surface area contributed by atoms with Crippen molar-refractivity contribution in [3.8, 4) is 5.75 Å². The van der Waals surface area contributed by atoms with Crippen LogP contribution < -0.4 is 4.74 Å². The van der Waals surface area contributed by atoms with E-state index in [2.05, 4.69) is 45.1 Å². The van der Waals surface area contributed by atoms with Gasteiger partial charge in [0.25, 0.3) is 0 Å². The van der Waals surface area contributed by atoms with Gasteiger partial charge in [0.05, 0.1) is 12.7 Å². The Morgan fingerprint density at radius 1 is 1.29 bits per heavy atom.